The van der Waals surface area contributed by atoms with E-state index in [4.69, 9.17) is 9.47 Å². The Hall–Kier alpha value is -1.22. The highest BCUT2D eigenvalue weighted by molar-refractivity contribution is 5.47. The number of hydrogen-bond donors (Lipinski definition) is 1. The highest BCUT2D eigenvalue weighted by Gasteiger charge is 2.17. The minimum Gasteiger partial charge on any atom is -0.496 e. The molecule has 0 bridgehead atoms. The van der Waals surface area contributed by atoms with Gasteiger partial charge in [-0.1, -0.05) is 13.3 Å². The number of methoxy groups -OCH3 is 2. The van der Waals surface area contributed by atoms with Gasteiger partial charge in [0.1, 0.15) is 11.5 Å². The summed E-state index contributed by atoms with van der Waals surface area (Å²) in [6, 6.07) is 4.34. The van der Waals surface area contributed by atoms with Crippen molar-refractivity contribution in [1.82, 2.24) is 5.32 Å². The highest BCUT2D eigenvalue weighted by atomic mass is 16.5. The van der Waals surface area contributed by atoms with E-state index in [1.54, 1.807) is 14.2 Å². The number of nitrogens with one attached hydrogen (secondary N) is 1. The maximum absolute atomic E-state index is 5.60. The molecule has 0 amide bonds. The molecule has 0 saturated carbocycles. The summed E-state index contributed by atoms with van der Waals surface area (Å²) in [5.41, 5.74) is 2.52. The lowest BCUT2D eigenvalue weighted by molar-refractivity contribution is 0.360. The number of rotatable bonds is 6. The molecular weight excluding hydrogens is 250 g/mol. The van der Waals surface area contributed by atoms with Crippen molar-refractivity contribution in [2.75, 3.05) is 27.3 Å². The summed E-state index contributed by atoms with van der Waals surface area (Å²) in [7, 11) is 3.52. The summed E-state index contributed by atoms with van der Waals surface area (Å²) < 4.78 is 11.2. The van der Waals surface area contributed by atoms with E-state index >= 15 is 0 Å². The number of benzene rings is 1. The van der Waals surface area contributed by atoms with Crippen molar-refractivity contribution >= 4 is 0 Å². The molecule has 3 nitrogen and oxygen atoms in total. The Labute approximate surface area is 122 Å². The molecule has 3 heteroatoms. The van der Waals surface area contributed by atoms with Crippen molar-refractivity contribution in [2.24, 2.45) is 5.92 Å². The first-order valence-corrected chi connectivity index (χ1v) is 7.73. The summed E-state index contributed by atoms with van der Waals surface area (Å²) in [4.78, 5) is 0. The Kier molecular flexibility index (Phi) is 5.72. The number of piperidine rings is 1. The largest absolute Gasteiger partial charge is 0.496 e. The Morgan fingerprint density at radius 1 is 1.15 bits per heavy atom. The van der Waals surface area contributed by atoms with Gasteiger partial charge in [-0.25, -0.2) is 0 Å². The third-order valence-electron chi connectivity index (χ3n) is 4.11. The van der Waals surface area contributed by atoms with Crippen molar-refractivity contribution in [1.29, 1.82) is 0 Å². The minimum atomic E-state index is 0.708. The predicted octanol–water partition coefficient (Wildman–Crippen LogP) is 3.20. The minimum absolute atomic E-state index is 0.708. The van der Waals surface area contributed by atoms with Crippen molar-refractivity contribution < 1.29 is 9.47 Å². The van der Waals surface area contributed by atoms with Gasteiger partial charge in [0.25, 0.3) is 0 Å². The van der Waals surface area contributed by atoms with Crippen LogP contribution in [0.5, 0.6) is 11.5 Å². The zero-order valence-corrected chi connectivity index (χ0v) is 13.0. The first-order valence-electron chi connectivity index (χ1n) is 7.73. The maximum Gasteiger partial charge on any atom is 0.122 e. The molecule has 1 heterocycles. The molecular formula is C17H27NO2. The molecule has 1 aromatic carbocycles. The van der Waals surface area contributed by atoms with Crippen LogP contribution in [0.4, 0.5) is 0 Å². The second-order valence-corrected chi connectivity index (χ2v) is 5.64. The normalized spacial score (nSPS) is 18.9. The first-order chi connectivity index (χ1) is 9.78. The van der Waals surface area contributed by atoms with Crippen LogP contribution in [-0.4, -0.2) is 27.3 Å². The average Bonchev–Trinajstić information content (AvgIpc) is 2.49. The summed E-state index contributed by atoms with van der Waals surface area (Å²) in [6.07, 6.45) is 5.79. The summed E-state index contributed by atoms with van der Waals surface area (Å²) in [6.45, 7) is 4.46. The van der Waals surface area contributed by atoms with Gasteiger partial charge >= 0.3 is 0 Å². The fraction of sp³-hybridized carbons (Fsp3) is 0.647. The van der Waals surface area contributed by atoms with Crippen LogP contribution in [0, 0.1) is 5.92 Å². The standard InChI is InChI=1S/C17H27NO2/c1-4-6-14-10-17(20-3)15(11-16(14)19-2)9-13-7-5-8-18-12-13/h10-11,13,18H,4-9,12H2,1-3H3. The second-order valence-electron chi connectivity index (χ2n) is 5.64. The third kappa shape index (κ3) is 3.66. The summed E-state index contributed by atoms with van der Waals surface area (Å²) >= 11 is 0. The second kappa shape index (κ2) is 7.53. The van der Waals surface area contributed by atoms with Gasteiger partial charge < -0.3 is 14.8 Å². The first kappa shape index (κ1) is 15.2. The zero-order chi connectivity index (χ0) is 14.4. The molecule has 1 saturated heterocycles. The fourth-order valence-electron chi connectivity index (χ4n) is 3.06. The molecule has 0 radical (unpaired) electrons. The van der Waals surface area contributed by atoms with Crippen LogP contribution in [0.25, 0.3) is 0 Å². The summed E-state index contributed by atoms with van der Waals surface area (Å²) in [5, 5.41) is 3.48. The van der Waals surface area contributed by atoms with Gasteiger partial charge in [-0.05, 0) is 68.0 Å². The smallest absolute Gasteiger partial charge is 0.122 e. The lowest BCUT2D eigenvalue weighted by atomic mass is 9.91. The fourth-order valence-corrected chi connectivity index (χ4v) is 3.06. The molecule has 1 aliphatic rings. The van der Waals surface area contributed by atoms with Gasteiger partial charge in [-0.3, -0.25) is 0 Å². The van der Waals surface area contributed by atoms with E-state index in [-0.39, 0.29) is 0 Å². The molecule has 1 atom stereocenters. The van der Waals surface area contributed by atoms with Crippen LogP contribution in [0.1, 0.15) is 37.3 Å². The Bertz CT molecular complexity index is 425. The van der Waals surface area contributed by atoms with E-state index in [0.29, 0.717) is 5.92 Å². The topological polar surface area (TPSA) is 30.5 Å². The molecule has 0 spiro atoms. The molecule has 112 valence electrons. The highest BCUT2D eigenvalue weighted by Crippen LogP contribution is 2.32. The van der Waals surface area contributed by atoms with E-state index < -0.39 is 0 Å². The lowest BCUT2D eigenvalue weighted by Gasteiger charge is -2.24. The molecule has 1 aliphatic heterocycles. The van der Waals surface area contributed by atoms with E-state index in [1.165, 1.54) is 24.0 Å². The van der Waals surface area contributed by atoms with Gasteiger partial charge in [-0.2, -0.15) is 0 Å². The van der Waals surface area contributed by atoms with Crippen LogP contribution >= 0.6 is 0 Å². The SMILES string of the molecule is CCCc1cc(OC)c(CC2CCCNC2)cc1OC. The Balaban J connectivity index is 2.21. The van der Waals surface area contributed by atoms with Crippen LogP contribution in [0.2, 0.25) is 0 Å². The van der Waals surface area contributed by atoms with Gasteiger partial charge in [0.2, 0.25) is 0 Å². The predicted molar refractivity (Wildman–Crippen MR) is 82.8 cm³/mol. The van der Waals surface area contributed by atoms with Crippen LogP contribution in [0.3, 0.4) is 0 Å². The van der Waals surface area contributed by atoms with E-state index in [9.17, 15) is 0 Å². The zero-order valence-electron chi connectivity index (χ0n) is 13.0. The molecule has 1 aromatic rings. The maximum atomic E-state index is 5.60. The molecule has 0 aromatic heterocycles. The monoisotopic (exact) mass is 277 g/mol. The molecule has 2 rings (SSSR count). The van der Waals surface area contributed by atoms with Crippen molar-refractivity contribution in [3.8, 4) is 11.5 Å². The van der Waals surface area contributed by atoms with Gasteiger partial charge in [0.15, 0.2) is 0 Å². The molecule has 0 aliphatic carbocycles. The summed E-state index contributed by atoms with van der Waals surface area (Å²) in [5.74, 6) is 2.73. The average molecular weight is 277 g/mol. The molecule has 1 N–H and O–H groups in total. The van der Waals surface area contributed by atoms with E-state index in [1.807, 2.05) is 0 Å². The molecule has 20 heavy (non-hydrogen) atoms. The van der Waals surface area contributed by atoms with Crippen molar-refractivity contribution in [3.63, 3.8) is 0 Å². The van der Waals surface area contributed by atoms with Crippen LogP contribution in [0.15, 0.2) is 12.1 Å². The number of hydrogen-bond acceptors (Lipinski definition) is 3. The van der Waals surface area contributed by atoms with E-state index in [0.717, 1.165) is 43.9 Å². The Morgan fingerprint density at radius 3 is 2.45 bits per heavy atom. The lowest BCUT2D eigenvalue weighted by Crippen LogP contribution is -2.30. The quantitative estimate of drug-likeness (QED) is 0.866. The third-order valence-corrected chi connectivity index (χ3v) is 4.11. The van der Waals surface area contributed by atoms with E-state index in [2.05, 4.69) is 24.4 Å². The number of aryl methyl sites for hydroxylation is 1. The van der Waals surface area contributed by atoms with Gasteiger partial charge in [0.05, 0.1) is 14.2 Å². The molecule has 1 fully saturated rings. The van der Waals surface area contributed by atoms with Gasteiger partial charge in [0, 0.05) is 0 Å². The van der Waals surface area contributed by atoms with Gasteiger partial charge in [-0.15, -0.1) is 0 Å². The number of ether oxygens (including phenoxy) is 2. The van der Waals surface area contributed by atoms with Crippen LogP contribution in [-0.2, 0) is 12.8 Å². The van der Waals surface area contributed by atoms with Crippen molar-refractivity contribution in [3.05, 3.63) is 23.3 Å². The molecule has 1 unspecified atom stereocenters. The Morgan fingerprint density at radius 2 is 1.85 bits per heavy atom. The van der Waals surface area contributed by atoms with Crippen molar-refractivity contribution in [2.45, 2.75) is 39.0 Å². The van der Waals surface area contributed by atoms with Crippen LogP contribution < -0.4 is 14.8 Å².